The maximum atomic E-state index is 8.76. The van der Waals surface area contributed by atoms with Crippen LogP contribution in [-0.4, -0.2) is 0 Å². The zero-order chi connectivity index (χ0) is 11.4. The lowest BCUT2D eigenvalue weighted by atomic mass is 10.2. The number of rotatable bonds is 2. The van der Waals surface area contributed by atoms with Crippen LogP contribution in [0.4, 0.5) is 5.69 Å². The molecule has 2 N–H and O–H groups in total. The van der Waals surface area contributed by atoms with Crippen molar-refractivity contribution in [2.24, 2.45) is 0 Å². The minimum atomic E-state index is 0.525. The van der Waals surface area contributed by atoms with Crippen LogP contribution < -0.4 is 5.73 Å². The number of anilines is 1. The number of nitriles is 1. The van der Waals surface area contributed by atoms with Crippen molar-refractivity contribution in [3.8, 4) is 6.07 Å². The van der Waals surface area contributed by atoms with Gasteiger partial charge in [-0.1, -0.05) is 30.0 Å². The predicted molar refractivity (Wildman–Crippen MR) is 66.1 cm³/mol. The van der Waals surface area contributed by atoms with Crippen LogP contribution in [0.15, 0.2) is 58.3 Å². The van der Waals surface area contributed by atoms with Gasteiger partial charge < -0.3 is 5.73 Å². The topological polar surface area (TPSA) is 49.8 Å². The van der Waals surface area contributed by atoms with Gasteiger partial charge in [-0.2, -0.15) is 5.26 Å². The predicted octanol–water partition coefficient (Wildman–Crippen LogP) is 3.29. The van der Waals surface area contributed by atoms with Crippen molar-refractivity contribution in [2.45, 2.75) is 9.79 Å². The van der Waals surface area contributed by atoms with Gasteiger partial charge in [-0.3, -0.25) is 0 Å². The highest BCUT2D eigenvalue weighted by atomic mass is 32.2. The summed E-state index contributed by atoms with van der Waals surface area (Å²) in [4.78, 5) is 2.20. The normalized spacial score (nSPS) is 9.69. The summed E-state index contributed by atoms with van der Waals surface area (Å²) in [6.45, 7) is 0. The van der Waals surface area contributed by atoms with Crippen LogP contribution in [0.5, 0.6) is 0 Å². The van der Waals surface area contributed by atoms with Crippen molar-refractivity contribution >= 4 is 17.4 Å². The molecule has 2 rings (SSSR count). The number of benzene rings is 2. The lowest BCUT2D eigenvalue weighted by molar-refractivity contribution is 1.39. The molecule has 0 bridgehead atoms. The summed E-state index contributed by atoms with van der Waals surface area (Å²) in [5.74, 6) is 0. The third-order valence-corrected chi connectivity index (χ3v) is 3.12. The second-order valence-corrected chi connectivity index (χ2v) is 4.42. The average molecular weight is 226 g/mol. The molecule has 0 amide bonds. The van der Waals surface area contributed by atoms with E-state index in [4.69, 9.17) is 11.0 Å². The first kappa shape index (κ1) is 10.6. The Kier molecular flexibility index (Phi) is 3.13. The average Bonchev–Trinajstić information content (AvgIpc) is 2.31. The number of hydrogen-bond acceptors (Lipinski definition) is 3. The molecule has 0 heterocycles. The first-order valence-corrected chi connectivity index (χ1v) is 5.64. The molecule has 2 aromatic carbocycles. The molecule has 78 valence electrons. The Morgan fingerprint density at radius 1 is 1.00 bits per heavy atom. The van der Waals surface area contributed by atoms with Crippen molar-refractivity contribution in [3.05, 3.63) is 54.1 Å². The Hall–Kier alpha value is -1.92. The molecule has 16 heavy (non-hydrogen) atoms. The van der Waals surface area contributed by atoms with E-state index >= 15 is 0 Å². The first-order valence-electron chi connectivity index (χ1n) is 4.82. The third-order valence-electron chi connectivity index (χ3n) is 2.12. The fourth-order valence-electron chi connectivity index (χ4n) is 1.33. The summed E-state index contributed by atoms with van der Waals surface area (Å²) in [6.07, 6.45) is 0. The van der Waals surface area contributed by atoms with Gasteiger partial charge in [0, 0.05) is 9.79 Å². The molecule has 0 unspecified atom stereocenters. The SMILES string of the molecule is N#Cc1ccc(Sc2ccccc2)cc1N. The zero-order valence-electron chi connectivity index (χ0n) is 8.55. The molecule has 2 nitrogen and oxygen atoms in total. The molecule has 0 saturated heterocycles. The summed E-state index contributed by atoms with van der Waals surface area (Å²) in [5.41, 5.74) is 6.81. The van der Waals surface area contributed by atoms with Gasteiger partial charge in [-0.25, -0.2) is 0 Å². The van der Waals surface area contributed by atoms with Crippen LogP contribution in [0.3, 0.4) is 0 Å². The summed E-state index contributed by atoms with van der Waals surface area (Å²) in [5, 5.41) is 8.76. The molecule has 0 saturated carbocycles. The minimum Gasteiger partial charge on any atom is -0.398 e. The highest BCUT2D eigenvalue weighted by Crippen LogP contribution is 2.29. The maximum Gasteiger partial charge on any atom is 0.101 e. The fourth-order valence-corrected chi connectivity index (χ4v) is 2.22. The van der Waals surface area contributed by atoms with Crippen molar-refractivity contribution in [3.63, 3.8) is 0 Å². The van der Waals surface area contributed by atoms with Crippen LogP contribution in [0.2, 0.25) is 0 Å². The van der Waals surface area contributed by atoms with E-state index in [1.807, 2.05) is 42.5 Å². The second-order valence-electron chi connectivity index (χ2n) is 3.28. The highest BCUT2D eigenvalue weighted by Gasteiger charge is 2.01. The van der Waals surface area contributed by atoms with Gasteiger partial charge in [-0.05, 0) is 30.3 Å². The lowest BCUT2D eigenvalue weighted by Gasteiger charge is -2.03. The zero-order valence-corrected chi connectivity index (χ0v) is 9.37. The number of hydrogen-bond donors (Lipinski definition) is 1. The van der Waals surface area contributed by atoms with E-state index in [9.17, 15) is 0 Å². The van der Waals surface area contributed by atoms with Crippen molar-refractivity contribution < 1.29 is 0 Å². The van der Waals surface area contributed by atoms with Gasteiger partial charge >= 0.3 is 0 Å². The number of nitrogens with zero attached hydrogens (tertiary/aromatic N) is 1. The van der Waals surface area contributed by atoms with Gasteiger partial charge in [0.25, 0.3) is 0 Å². The van der Waals surface area contributed by atoms with Gasteiger partial charge in [0.15, 0.2) is 0 Å². The van der Waals surface area contributed by atoms with E-state index < -0.39 is 0 Å². The first-order chi connectivity index (χ1) is 7.79. The molecular formula is C13H10N2S. The van der Waals surface area contributed by atoms with Crippen LogP contribution in [0, 0.1) is 11.3 Å². The quantitative estimate of drug-likeness (QED) is 0.799. The maximum absolute atomic E-state index is 8.76. The van der Waals surface area contributed by atoms with Crippen molar-refractivity contribution in [1.29, 1.82) is 5.26 Å². The molecule has 0 aliphatic rings. The van der Waals surface area contributed by atoms with E-state index in [0.717, 1.165) is 9.79 Å². The monoisotopic (exact) mass is 226 g/mol. The Bertz CT molecular complexity index is 529. The Morgan fingerprint density at radius 2 is 1.75 bits per heavy atom. The largest absolute Gasteiger partial charge is 0.398 e. The molecule has 0 fully saturated rings. The number of nitrogens with two attached hydrogens (primary N) is 1. The summed E-state index contributed by atoms with van der Waals surface area (Å²) in [7, 11) is 0. The van der Waals surface area contributed by atoms with Crippen LogP contribution in [0.1, 0.15) is 5.56 Å². The smallest absolute Gasteiger partial charge is 0.101 e. The van der Waals surface area contributed by atoms with E-state index in [1.165, 1.54) is 0 Å². The van der Waals surface area contributed by atoms with E-state index in [2.05, 4.69) is 6.07 Å². The highest BCUT2D eigenvalue weighted by molar-refractivity contribution is 7.99. The second kappa shape index (κ2) is 4.73. The van der Waals surface area contributed by atoms with Gasteiger partial charge in [0.2, 0.25) is 0 Å². The standard InChI is InChI=1S/C13H10N2S/c14-9-10-6-7-12(8-13(10)15)16-11-4-2-1-3-5-11/h1-8H,15H2. The van der Waals surface area contributed by atoms with Crippen LogP contribution in [0.25, 0.3) is 0 Å². The molecule has 0 radical (unpaired) electrons. The van der Waals surface area contributed by atoms with Gasteiger partial charge in [0.1, 0.15) is 6.07 Å². The van der Waals surface area contributed by atoms with Crippen molar-refractivity contribution in [1.82, 2.24) is 0 Å². The van der Waals surface area contributed by atoms with E-state index in [0.29, 0.717) is 11.3 Å². The number of nitrogen functional groups attached to an aromatic ring is 1. The third kappa shape index (κ3) is 2.36. The molecule has 0 atom stereocenters. The van der Waals surface area contributed by atoms with E-state index in [1.54, 1.807) is 17.8 Å². The lowest BCUT2D eigenvalue weighted by Crippen LogP contribution is -1.89. The molecule has 3 heteroatoms. The van der Waals surface area contributed by atoms with Crippen LogP contribution >= 0.6 is 11.8 Å². The Morgan fingerprint density at radius 3 is 2.38 bits per heavy atom. The van der Waals surface area contributed by atoms with Crippen LogP contribution in [-0.2, 0) is 0 Å². The molecule has 2 aromatic rings. The Balaban J connectivity index is 2.24. The summed E-state index contributed by atoms with van der Waals surface area (Å²) >= 11 is 1.63. The fraction of sp³-hybridized carbons (Fsp3) is 0. The molecule has 0 spiro atoms. The molecule has 0 aliphatic heterocycles. The molecule has 0 aromatic heterocycles. The van der Waals surface area contributed by atoms with Gasteiger partial charge in [-0.15, -0.1) is 0 Å². The van der Waals surface area contributed by atoms with E-state index in [-0.39, 0.29) is 0 Å². The van der Waals surface area contributed by atoms with Crippen molar-refractivity contribution in [2.75, 3.05) is 5.73 Å². The minimum absolute atomic E-state index is 0.525. The summed E-state index contributed by atoms with van der Waals surface area (Å²) < 4.78 is 0. The Labute approximate surface area is 98.7 Å². The summed E-state index contributed by atoms with van der Waals surface area (Å²) in [6, 6.07) is 17.6. The molecule has 0 aliphatic carbocycles. The molecular weight excluding hydrogens is 216 g/mol. The van der Waals surface area contributed by atoms with Gasteiger partial charge in [0.05, 0.1) is 11.3 Å².